The van der Waals surface area contributed by atoms with E-state index in [2.05, 4.69) is 0 Å². The fourth-order valence-corrected chi connectivity index (χ4v) is 3.56. The number of carbonyl (C=O) groups excluding carboxylic acids is 1. The molecular formula is C16H20O6S. The number of rotatable bonds is 7. The molecule has 1 heterocycles. The molecule has 2 rings (SSSR count). The van der Waals surface area contributed by atoms with Crippen molar-refractivity contribution >= 4 is 23.7 Å². The number of fused-ring (bicyclic) bond motifs is 1. The minimum absolute atomic E-state index is 0.0959. The van der Waals surface area contributed by atoms with E-state index in [9.17, 15) is 14.7 Å². The summed E-state index contributed by atoms with van der Waals surface area (Å²) in [7, 11) is 1.31. The maximum Gasteiger partial charge on any atom is 0.319 e. The zero-order valence-electron chi connectivity index (χ0n) is 13.3. The molecule has 126 valence electrons. The maximum atomic E-state index is 12.0. The van der Waals surface area contributed by atoms with Gasteiger partial charge in [0.05, 0.1) is 7.11 Å². The van der Waals surface area contributed by atoms with Crippen molar-refractivity contribution in [2.75, 3.05) is 13.9 Å². The lowest BCUT2D eigenvalue weighted by Crippen LogP contribution is -2.30. The molecule has 0 aliphatic carbocycles. The third kappa shape index (κ3) is 4.31. The molecule has 1 aromatic carbocycles. The van der Waals surface area contributed by atoms with E-state index in [0.717, 1.165) is 17.3 Å². The zero-order chi connectivity index (χ0) is 17.0. The summed E-state index contributed by atoms with van der Waals surface area (Å²) in [5.41, 5.74) is 0.866. The molecule has 0 saturated carbocycles. The Morgan fingerprint density at radius 3 is 2.61 bits per heavy atom. The van der Waals surface area contributed by atoms with E-state index in [4.69, 9.17) is 14.2 Å². The monoisotopic (exact) mass is 340 g/mol. The fraction of sp³-hybridized carbons (Fsp3) is 0.500. The number of esters is 1. The molecule has 0 aromatic heterocycles. The van der Waals surface area contributed by atoms with Gasteiger partial charge < -0.3 is 19.3 Å². The first-order valence-electron chi connectivity index (χ1n) is 7.27. The molecule has 0 fully saturated rings. The normalized spacial score (nSPS) is 15.3. The lowest BCUT2D eigenvalue weighted by molar-refractivity contribution is -0.139. The first kappa shape index (κ1) is 17.5. The third-order valence-corrected chi connectivity index (χ3v) is 5.21. The molecular weight excluding hydrogens is 320 g/mol. The highest BCUT2D eigenvalue weighted by Crippen LogP contribution is 2.34. The van der Waals surface area contributed by atoms with Gasteiger partial charge in [-0.1, -0.05) is 19.9 Å². The van der Waals surface area contributed by atoms with Crippen molar-refractivity contribution in [2.24, 2.45) is 5.92 Å². The van der Waals surface area contributed by atoms with Crippen LogP contribution in [0.5, 0.6) is 11.5 Å². The van der Waals surface area contributed by atoms with Crippen LogP contribution in [0.2, 0.25) is 0 Å². The van der Waals surface area contributed by atoms with Gasteiger partial charge in [-0.3, -0.25) is 9.59 Å². The predicted molar refractivity (Wildman–Crippen MR) is 85.9 cm³/mol. The Kier molecular flexibility index (Phi) is 5.76. The summed E-state index contributed by atoms with van der Waals surface area (Å²) in [5, 5.41) is 8.06. The van der Waals surface area contributed by atoms with E-state index in [-0.39, 0.29) is 12.7 Å². The average molecular weight is 340 g/mol. The second kappa shape index (κ2) is 7.59. The highest BCUT2D eigenvalue weighted by Gasteiger charge is 2.31. The lowest BCUT2D eigenvalue weighted by atomic mass is 10.1. The van der Waals surface area contributed by atoms with Gasteiger partial charge >= 0.3 is 11.9 Å². The third-order valence-electron chi connectivity index (χ3n) is 3.48. The molecule has 1 aromatic rings. The van der Waals surface area contributed by atoms with E-state index in [0.29, 0.717) is 17.9 Å². The number of methoxy groups -OCH3 is 1. The second-order valence-corrected chi connectivity index (χ2v) is 6.89. The number of carbonyl (C=O) groups is 2. The Labute approximate surface area is 139 Å². The molecule has 0 saturated heterocycles. The van der Waals surface area contributed by atoms with E-state index in [1.165, 1.54) is 7.11 Å². The summed E-state index contributed by atoms with van der Waals surface area (Å²) >= 11 is 1.12. The quantitative estimate of drug-likeness (QED) is 0.763. The van der Waals surface area contributed by atoms with Gasteiger partial charge in [-0.2, -0.15) is 0 Å². The van der Waals surface area contributed by atoms with Gasteiger partial charge in [0.2, 0.25) is 6.79 Å². The van der Waals surface area contributed by atoms with Gasteiger partial charge in [0.25, 0.3) is 0 Å². The molecule has 23 heavy (non-hydrogen) atoms. The molecule has 1 N–H and O–H groups in total. The molecule has 1 aliphatic heterocycles. The molecule has 7 heteroatoms. The van der Waals surface area contributed by atoms with Crippen LogP contribution in [0.3, 0.4) is 0 Å². The van der Waals surface area contributed by atoms with E-state index in [1.54, 1.807) is 6.07 Å². The van der Waals surface area contributed by atoms with Crippen LogP contribution in [0.1, 0.15) is 19.4 Å². The van der Waals surface area contributed by atoms with Crippen molar-refractivity contribution in [1.29, 1.82) is 0 Å². The van der Waals surface area contributed by atoms with E-state index >= 15 is 0 Å². The van der Waals surface area contributed by atoms with Gasteiger partial charge in [-0.05, 0) is 30.0 Å². The summed E-state index contributed by atoms with van der Waals surface area (Å²) in [5.74, 6) is -0.151. The van der Waals surface area contributed by atoms with Crippen molar-refractivity contribution in [1.82, 2.24) is 0 Å². The SMILES string of the molecule is COC(=O)C(Cc1ccc2c(c1)OCO2)SC(C(=O)O)C(C)C. The van der Waals surface area contributed by atoms with E-state index < -0.39 is 22.4 Å². The highest BCUT2D eigenvalue weighted by atomic mass is 32.2. The van der Waals surface area contributed by atoms with Crippen LogP contribution in [0.15, 0.2) is 18.2 Å². The van der Waals surface area contributed by atoms with Gasteiger partial charge in [-0.25, -0.2) is 0 Å². The summed E-state index contributed by atoms with van der Waals surface area (Å²) in [4.78, 5) is 23.4. The van der Waals surface area contributed by atoms with Crippen LogP contribution in [-0.4, -0.2) is 41.4 Å². The minimum Gasteiger partial charge on any atom is -0.480 e. The average Bonchev–Trinajstić information content (AvgIpc) is 2.97. The topological polar surface area (TPSA) is 82.1 Å². The molecule has 0 bridgehead atoms. The van der Waals surface area contributed by atoms with Crippen molar-refractivity contribution in [2.45, 2.75) is 30.8 Å². The number of thioether (sulfide) groups is 1. The number of carboxylic acid groups (broad SMARTS) is 1. The number of carboxylic acids is 1. The lowest BCUT2D eigenvalue weighted by Gasteiger charge is -2.21. The smallest absolute Gasteiger partial charge is 0.319 e. The van der Waals surface area contributed by atoms with Crippen LogP contribution in [0.4, 0.5) is 0 Å². The Morgan fingerprint density at radius 1 is 1.30 bits per heavy atom. The summed E-state index contributed by atoms with van der Waals surface area (Å²) in [6.07, 6.45) is 0.366. The molecule has 0 spiro atoms. The largest absolute Gasteiger partial charge is 0.480 e. The molecule has 0 radical (unpaired) electrons. The van der Waals surface area contributed by atoms with Crippen LogP contribution < -0.4 is 9.47 Å². The van der Waals surface area contributed by atoms with Crippen LogP contribution in [-0.2, 0) is 20.7 Å². The predicted octanol–water partition coefficient (Wildman–Crippen LogP) is 2.34. The summed E-state index contributed by atoms with van der Waals surface area (Å²) < 4.78 is 15.4. The van der Waals surface area contributed by atoms with E-state index in [1.807, 2.05) is 26.0 Å². The Morgan fingerprint density at radius 2 is 2.00 bits per heavy atom. The number of hydrogen-bond donors (Lipinski definition) is 1. The van der Waals surface area contributed by atoms with Crippen LogP contribution in [0.25, 0.3) is 0 Å². The minimum atomic E-state index is -0.926. The molecule has 2 atom stereocenters. The first-order valence-corrected chi connectivity index (χ1v) is 8.21. The number of aliphatic carboxylic acids is 1. The molecule has 0 amide bonds. The summed E-state index contributed by atoms with van der Waals surface area (Å²) in [6.45, 7) is 3.82. The van der Waals surface area contributed by atoms with Gasteiger partial charge in [0.1, 0.15) is 10.5 Å². The van der Waals surface area contributed by atoms with Crippen LogP contribution >= 0.6 is 11.8 Å². The standard InChI is InChI=1S/C16H20O6S/c1-9(2)14(15(17)18)23-13(16(19)20-3)7-10-4-5-11-12(6-10)22-8-21-11/h4-6,9,13-14H,7-8H2,1-3H3,(H,17,18). The van der Waals surface area contributed by atoms with Crippen LogP contribution in [0, 0.1) is 5.92 Å². The zero-order valence-corrected chi connectivity index (χ0v) is 14.1. The highest BCUT2D eigenvalue weighted by molar-refractivity contribution is 8.01. The maximum absolute atomic E-state index is 12.0. The number of benzene rings is 1. The molecule has 1 aliphatic rings. The van der Waals surface area contributed by atoms with Crippen molar-refractivity contribution in [3.05, 3.63) is 23.8 Å². The fourth-order valence-electron chi connectivity index (χ4n) is 2.28. The van der Waals surface area contributed by atoms with Gasteiger partial charge in [0, 0.05) is 0 Å². The molecule has 2 unspecified atom stereocenters. The Hall–Kier alpha value is -1.89. The van der Waals surface area contributed by atoms with Crippen molar-refractivity contribution in [3.63, 3.8) is 0 Å². The summed E-state index contributed by atoms with van der Waals surface area (Å²) in [6, 6.07) is 5.44. The Bertz CT molecular complexity index is 586. The number of hydrogen-bond acceptors (Lipinski definition) is 6. The first-order chi connectivity index (χ1) is 10.9. The van der Waals surface area contributed by atoms with Crippen molar-refractivity contribution in [3.8, 4) is 11.5 Å². The van der Waals surface area contributed by atoms with Crippen molar-refractivity contribution < 1.29 is 28.9 Å². The van der Waals surface area contributed by atoms with Gasteiger partial charge in [-0.15, -0.1) is 11.8 Å². The Balaban J connectivity index is 2.15. The number of ether oxygens (including phenoxy) is 3. The van der Waals surface area contributed by atoms with Gasteiger partial charge in [0.15, 0.2) is 11.5 Å². The second-order valence-electron chi connectivity index (χ2n) is 5.54. The molecule has 6 nitrogen and oxygen atoms in total.